The molecule has 5 nitrogen and oxygen atoms in total. The van der Waals surface area contributed by atoms with Crippen LogP contribution in [0.5, 0.6) is 11.5 Å². The molecule has 7 heteroatoms. The van der Waals surface area contributed by atoms with Crippen LogP contribution in [0.15, 0.2) is 40.9 Å². The van der Waals surface area contributed by atoms with Crippen molar-refractivity contribution in [2.24, 2.45) is 0 Å². The Bertz CT molecular complexity index is 728. The molecule has 0 atom stereocenters. The zero-order chi connectivity index (χ0) is 14.7. The molecule has 0 aliphatic heterocycles. The Morgan fingerprint density at radius 2 is 1.95 bits per heavy atom. The lowest BCUT2D eigenvalue weighted by Crippen LogP contribution is -1.95. The maximum Gasteiger partial charge on any atom is 0.314 e. The molecule has 0 amide bonds. The summed E-state index contributed by atoms with van der Waals surface area (Å²) in [7, 11) is 0. The average Bonchev–Trinajstić information content (AvgIpc) is 2.42. The van der Waals surface area contributed by atoms with Crippen LogP contribution in [0.1, 0.15) is 5.56 Å². The van der Waals surface area contributed by atoms with E-state index in [1.165, 1.54) is 24.3 Å². The topological polar surface area (TPSA) is 76.2 Å². The van der Waals surface area contributed by atoms with Crippen molar-refractivity contribution in [2.45, 2.75) is 0 Å². The van der Waals surface area contributed by atoms with E-state index < -0.39 is 16.4 Å². The van der Waals surface area contributed by atoms with E-state index in [-0.39, 0.29) is 5.75 Å². The van der Waals surface area contributed by atoms with Gasteiger partial charge in [-0.3, -0.25) is 10.1 Å². The molecule has 0 saturated heterocycles. The van der Waals surface area contributed by atoms with Gasteiger partial charge in [-0.25, -0.2) is 4.39 Å². The van der Waals surface area contributed by atoms with Gasteiger partial charge >= 0.3 is 5.69 Å². The lowest BCUT2D eigenvalue weighted by molar-refractivity contribution is -0.385. The van der Waals surface area contributed by atoms with Gasteiger partial charge in [-0.2, -0.15) is 5.26 Å². The van der Waals surface area contributed by atoms with Crippen LogP contribution in [0.25, 0.3) is 0 Å². The van der Waals surface area contributed by atoms with Gasteiger partial charge in [0.25, 0.3) is 0 Å². The third-order valence-corrected chi connectivity index (χ3v) is 3.02. The van der Waals surface area contributed by atoms with Crippen LogP contribution in [0.2, 0.25) is 0 Å². The Balaban J connectivity index is 2.40. The van der Waals surface area contributed by atoms with Crippen molar-refractivity contribution in [1.82, 2.24) is 0 Å². The van der Waals surface area contributed by atoms with Crippen LogP contribution < -0.4 is 4.74 Å². The maximum absolute atomic E-state index is 13.0. The van der Waals surface area contributed by atoms with Crippen molar-refractivity contribution < 1.29 is 14.1 Å². The zero-order valence-electron chi connectivity index (χ0n) is 9.84. The van der Waals surface area contributed by atoms with Gasteiger partial charge in [0.1, 0.15) is 11.6 Å². The van der Waals surface area contributed by atoms with Crippen molar-refractivity contribution in [3.63, 3.8) is 0 Å². The van der Waals surface area contributed by atoms with Gasteiger partial charge in [-0.1, -0.05) is 0 Å². The van der Waals surface area contributed by atoms with E-state index in [2.05, 4.69) is 15.9 Å². The van der Waals surface area contributed by atoms with Gasteiger partial charge in [0.05, 0.1) is 27.1 Å². The highest BCUT2D eigenvalue weighted by molar-refractivity contribution is 9.10. The van der Waals surface area contributed by atoms with Crippen molar-refractivity contribution in [3.05, 3.63) is 62.4 Å². The van der Waals surface area contributed by atoms with Gasteiger partial charge in [-0.15, -0.1) is 0 Å². The van der Waals surface area contributed by atoms with Crippen LogP contribution in [-0.4, -0.2) is 4.92 Å². The summed E-state index contributed by atoms with van der Waals surface area (Å²) >= 11 is 3.20. The fraction of sp³-hybridized carbons (Fsp3) is 0. The van der Waals surface area contributed by atoms with E-state index in [1.807, 2.05) is 6.07 Å². The fourth-order valence-corrected chi connectivity index (χ4v) is 1.95. The van der Waals surface area contributed by atoms with Gasteiger partial charge in [-0.05, 0) is 46.3 Å². The molecular weight excluding hydrogens is 331 g/mol. The number of ether oxygens (including phenoxy) is 1. The van der Waals surface area contributed by atoms with E-state index in [4.69, 9.17) is 10.00 Å². The number of nitrogens with zero attached hydrogens (tertiary/aromatic N) is 2. The molecule has 0 aromatic heterocycles. The molecule has 0 fully saturated rings. The standard InChI is InChI=1S/C13H6BrFN2O3/c14-10-5-8(7-16)1-3-12(10)20-13-4-2-9(15)6-11(13)17(18)19/h1-6H. The number of nitro groups is 1. The Kier molecular flexibility index (Phi) is 3.96. The first-order valence-electron chi connectivity index (χ1n) is 5.32. The number of halogens is 2. The monoisotopic (exact) mass is 336 g/mol. The minimum atomic E-state index is -0.726. The van der Waals surface area contributed by atoms with Crippen LogP contribution in [0.4, 0.5) is 10.1 Å². The van der Waals surface area contributed by atoms with Gasteiger partial charge < -0.3 is 4.74 Å². The third-order valence-electron chi connectivity index (χ3n) is 2.40. The second-order valence-electron chi connectivity index (χ2n) is 3.73. The molecule has 0 heterocycles. The Labute approximate surface area is 121 Å². The minimum Gasteiger partial charge on any atom is -0.449 e. The third kappa shape index (κ3) is 2.92. The molecule has 2 aromatic carbocycles. The van der Waals surface area contributed by atoms with Crippen LogP contribution >= 0.6 is 15.9 Å². The van der Waals surface area contributed by atoms with Crippen molar-refractivity contribution in [2.75, 3.05) is 0 Å². The quantitative estimate of drug-likeness (QED) is 0.622. The number of benzene rings is 2. The van der Waals surface area contributed by atoms with Crippen molar-refractivity contribution >= 4 is 21.6 Å². The van der Waals surface area contributed by atoms with Gasteiger partial charge in [0, 0.05) is 0 Å². The lowest BCUT2D eigenvalue weighted by atomic mass is 10.2. The van der Waals surface area contributed by atoms with E-state index in [0.717, 1.165) is 12.1 Å². The molecular formula is C13H6BrFN2O3. The summed E-state index contributed by atoms with van der Waals surface area (Å²) in [5.74, 6) is -0.511. The molecule has 2 aromatic rings. The number of nitro benzene ring substituents is 1. The Morgan fingerprint density at radius 1 is 1.25 bits per heavy atom. The van der Waals surface area contributed by atoms with Crippen molar-refractivity contribution in [3.8, 4) is 17.6 Å². The molecule has 0 N–H and O–H groups in total. The second-order valence-corrected chi connectivity index (χ2v) is 4.58. The molecule has 0 saturated carbocycles. The van der Waals surface area contributed by atoms with Gasteiger partial charge in [0.2, 0.25) is 5.75 Å². The smallest absolute Gasteiger partial charge is 0.314 e. The summed E-state index contributed by atoms with van der Waals surface area (Å²) in [5.41, 5.74) is -0.0564. The summed E-state index contributed by atoms with van der Waals surface area (Å²) in [6.07, 6.45) is 0. The average molecular weight is 337 g/mol. The van der Waals surface area contributed by atoms with Crippen LogP contribution in [-0.2, 0) is 0 Å². The predicted octanol–water partition coefficient (Wildman–Crippen LogP) is 4.16. The highest BCUT2D eigenvalue weighted by atomic mass is 79.9. The molecule has 0 bridgehead atoms. The predicted molar refractivity (Wildman–Crippen MR) is 72.0 cm³/mol. The molecule has 0 aliphatic rings. The SMILES string of the molecule is N#Cc1ccc(Oc2ccc(F)cc2[N+](=O)[O-])c(Br)c1. The fourth-order valence-electron chi connectivity index (χ4n) is 1.49. The molecule has 0 unspecified atom stereocenters. The second kappa shape index (κ2) is 5.67. The van der Waals surface area contributed by atoms with Gasteiger partial charge in [0.15, 0.2) is 0 Å². The highest BCUT2D eigenvalue weighted by Gasteiger charge is 2.18. The summed E-state index contributed by atoms with van der Waals surface area (Å²) in [6.45, 7) is 0. The zero-order valence-corrected chi connectivity index (χ0v) is 11.4. The Hall–Kier alpha value is -2.46. The molecule has 20 heavy (non-hydrogen) atoms. The molecule has 0 aliphatic carbocycles. The Morgan fingerprint density at radius 3 is 2.55 bits per heavy atom. The van der Waals surface area contributed by atoms with E-state index >= 15 is 0 Å². The first-order valence-corrected chi connectivity index (χ1v) is 6.12. The molecule has 0 radical (unpaired) electrons. The van der Waals surface area contributed by atoms with E-state index in [9.17, 15) is 14.5 Å². The molecule has 100 valence electrons. The van der Waals surface area contributed by atoms with Crippen LogP contribution in [0.3, 0.4) is 0 Å². The van der Waals surface area contributed by atoms with Crippen molar-refractivity contribution in [1.29, 1.82) is 5.26 Å². The first-order chi connectivity index (χ1) is 9.51. The number of hydrogen-bond donors (Lipinski definition) is 0. The highest BCUT2D eigenvalue weighted by Crippen LogP contribution is 2.35. The summed E-state index contributed by atoms with van der Waals surface area (Å²) in [6, 6.07) is 9.51. The summed E-state index contributed by atoms with van der Waals surface area (Å²) in [4.78, 5) is 10.1. The largest absolute Gasteiger partial charge is 0.449 e. The number of rotatable bonds is 3. The minimum absolute atomic E-state index is 0.0817. The first kappa shape index (κ1) is 14.0. The van der Waals surface area contributed by atoms with E-state index in [1.54, 1.807) is 0 Å². The number of hydrogen-bond acceptors (Lipinski definition) is 4. The number of nitriles is 1. The lowest BCUT2D eigenvalue weighted by Gasteiger charge is -2.08. The van der Waals surface area contributed by atoms with E-state index in [0.29, 0.717) is 15.8 Å². The van der Waals surface area contributed by atoms with Crippen LogP contribution in [0, 0.1) is 27.3 Å². The molecule has 0 spiro atoms. The maximum atomic E-state index is 13.0. The normalized spacial score (nSPS) is 9.85. The summed E-state index contributed by atoms with van der Waals surface area (Å²) in [5, 5.41) is 19.6. The molecule has 2 rings (SSSR count). The summed E-state index contributed by atoms with van der Waals surface area (Å²) < 4.78 is 18.9.